The predicted molar refractivity (Wildman–Crippen MR) is 113 cm³/mol. The van der Waals surface area contributed by atoms with Crippen molar-refractivity contribution in [2.45, 2.75) is 27.2 Å². The van der Waals surface area contributed by atoms with Gasteiger partial charge in [-0.3, -0.25) is 9.79 Å². The van der Waals surface area contributed by atoms with Gasteiger partial charge >= 0.3 is 5.97 Å². The van der Waals surface area contributed by atoms with Crippen LogP contribution in [0.4, 0.5) is 0 Å². The topological polar surface area (TPSA) is 53.9 Å². The number of carbonyl (C=O) groups excluding carboxylic acids is 1. The summed E-state index contributed by atoms with van der Waals surface area (Å²) >= 11 is 0. The molecule has 1 heterocycles. The van der Waals surface area contributed by atoms with E-state index in [1.165, 1.54) is 18.2 Å². The lowest BCUT2D eigenvalue weighted by Gasteiger charge is -2.21. The number of benzene rings is 1. The van der Waals surface area contributed by atoms with Crippen molar-refractivity contribution in [2.75, 3.05) is 33.3 Å². The summed E-state index contributed by atoms with van der Waals surface area (Å²) in [5.41, 5.74) is 2.58. The monoisotopic (exact) mass is 459 g/mol. The lowest BCUT2D eigenvalue weighted by atomic mass is 9.99. The second-order valence-electron chi connectivity index (χ2n) is 6.49. The average Bonchev–Trinajstić information content (AvgIpc) is 2.95. The highest BCUT2D eigenvalue weighted by atomic mass is 127. The third kappa shape index (κ3) is 6.17. The molecule has 2 unspecified atom stereocenters. The highest BCUT2D eigenvalue weighted by molar-refractivity contribution is 14.0. The number of guanidine groups is 1. The molecule has 0 saturated carbocycles. The van der Waals surface area contributed by atoms with Crippen LogP contribution >= 0.6 is 24.0 Å². The van der Waals surface area contributed by atoms with E-state index in [4.69, 9.17) is 9.73 Å². The first kappa shape index (κ1) is 21.7. The second kappa shape index (κ2) is 10.6. The summed E-state index contributed by atoms with van der Waals surface area (Å²) < 4.78 is 4.92. The Bertz CT molecular complexity index is 592. The van der Waals surface area contributed by atoms with Crippen molar-refractivity contribution in [2.24, 2.45) is 16.8 Å². The molecule has 1 saturated heterocycles. The van der Waals surface area contributed by atoms with Crippen molar-refractivity contribution < 1.29 is 9.53 Å². The average molecular weight is 459 g/mol. The predicted octanol–water partition coefficient (Wildman–Crippen LogP) is 2.86. The molecule has 1 aliphatic rings. The molecule has 0 spiro atoms. The van der Waals surface area contributed by atoms with E-state index in [1.54, 1.807) is 0 Å². The fourth-order valence-corrected chi connectivity index (χ4v) is 3.18. The van der Waals surface area contributed by atoms with Gasteiger partial charge < -0.3 is 15.0 Å². The molecule has 0 aromatic heterocycles. The highest BCUT2D eigenvalue weighted by Crippen LogP contribution is 2.24. The minimum absolute atomic E-state index is 0. The first-order chi connectivity index (χ1) is 11.5. The van der Waals surface area contributed by atoms with Gasteiger partial charge in [0.25, 0.3) is 0 Å². The number of rotatable bonds is 5. The van der Waals surface area contributed by atoms with Gasteiger partial charge in [-0.25, -0.2) is 0 Å². The number of halogens is 1. The summed E-state index contributed by atoms with van der Waals surface area (Å²) in [6.07, 6.45) is 0.917. The summed E-state index contributed by atoms with van der Waals surface area (Å²) in [5.74, 6) is 0.970. The standard InChI is InChI=1S/C19H29N3O2.HI/c1-5-20-19(21-10-9-16-8-6-7-14(2)11-16)22-12-15(3)17(13-22)18(23)24-4;/h6-8,11,15,17H,5,9-10,12-13H2,1-4H3,(H,20,21);1H. The molecule has 140 valence electrons. The third-order valence-corrected chi connectivity index (χ3v) is 4.50. The smallest absolute Gasteiger partial charge is 0.310 e. The number of hydrogen-bond donors (Lipinski definition) is 1. The molecule has 2 atom stereocenters. The van der Waals surface area contributed by atoms with Crippen molar-refractivity contribution >= 4 is 35.9 Å². The van der Waals surface area contributed by atoms with Crippen LogP contribution in [0.5, 0.6) is 0 Å². The third-order valence-electron chi connectivity index (χ3n) is 4.50. The van der Waals surface area contributed by atoms with Crippen LogP contribution in [-0.2, 0) is 16.0 Å². The Morgan fingerprint density at radius 3 is 2.80 bits per heavy atom. The van der Waals surface area contributed by atoms with Gasteiger partial charge in [0.05, 0.1) is 13.0 Å². The van der Waals surface area contributed by atoms with E-state index in [0.29, 0.717) is 6.54 Å². The molecule has 25 heavy (non-hydrogen) atoms. The quantitative estimate of drug-likeness (QED) is 0.319. The second-order valence-corrected chi connectivity index (χ2v) is 6.49. The van der Waals surface area contributed by atoms with Gasteiger partial charge in [-0.1, -0.05) is 36.8 Å². The van der Waals surface area contributed by atoms with Crippen molar-refractivity contribution in [1.82, 2.24) is 10.2 Å². The molecule has 1 fully saturated rings. The van der Waals surface area contributed by atoms with Gasteiger partial charge in [0, 0.05) is 26.2 Å². The number of ether oxygens (including phenoxy) is 1. The molecule has 2 rings (SSSR count). The summed E-state index contributed by atoms with van der Waals surface area (Å²) in [7, 11) is 1.46. The minimum Gasteiger partial charge on any atom is -0.469 e. The Balaban J connectivity index is 0.00000312. The van der Waals surface area contributed by atoms with Crippen molar-refractivity contribution in [3.63, 3.8) is 0 Å². The van der Waals surface area contributed by atoms with Crippen molar-refractivity contribution in [1.29, 1.82) is 0 Å². The van der Waals surface area contributed by atoms with Crippen LogP contribution in [0.3, 0.4) is 0 Å². The Morgan fingerprint density at radius 1 is 1.40 bits per heavy atom. The van der Waals surface area contributed by atoms with E-state index in [1.807, 2.05) is 0 Å². The first-order valence-electron chi connectivity index (χ1n) is 8.71. The number of aryl methyl sites for hydroxylation is 1. The number of nitrogens with zero attached hydrogens (tertiary/aromatic N) is 2. The molecule has 1 aromatic rings. The fraction of sp³-hybridized carbons (Fsp3) is 0.579. The molecule has 1 N–H and O–H groups in total. The largest absolute Gasteiger partial charge is 0.469 e. The molecular formula is C19H30IN3O2. The summed E-state index contributed by atoms with van der Waals surface area (Å²) in [6.45, 7) is 9.32. The zero-order valence-electron chi connectivity index (χ0n) is 15.6. The van der Waals surface area contributed by atoms with Gasteiger partial charge in [0.1, 0.15) is 0 Å². The van der Waals surface area contributed by atoms with Crippen molar-refractivity contribution in [3.8, 4) is 0 Å². The van der Waals surface area contributed by atoms with E-state index in [0.717, 1.165) is 32.0 Å². The molecule has 1 aromatic carbocycles. The Morgan fingerprint density at radius 2 is 2.16 bits per heavy atom. The van der Waals surface area contributed by atoms with E-state index in [9.17, 15) is 4.79 Å². The van der Waals surface area contributed by atoms with Crippen LogP contribution < -0.4 is 5.32 Å². The van der Waals surface area contributed by atoms with Crippen LogP contribution in [0.25, 0.3) is 0 Å². The summed E-state index contributed by atoms with van der Waals surface area (Å²) in [4.78, 5) is 18.8. The molecule has 0 bridgehead atoms. The maximum absolute atomic E-state index is 11.9. The van der Waals surface area contributed by atoms with E-state index in [2.05, 4.69) is 55.3 Å². The molecule has 1 aliphatic heterocycles. The lowest BCUT2D eigenvalue weighted by Crippen LogP contribution is -2.40. The maximum atomic E-state index is 11.9. The van der Waals surface area contributed by atoms with Crippen LogP contribution in [0, 0.1) is 18.8 Å². The number of nitrogens with one attached hydrogen (secondary N) is 1. The number of methoxy groups -OCH3 is 1. The normalized spacial score (nSPS) is 20.2. The Kier molecular flexibility index (Phi) is 9.24. The number of aliphatic imine (C=N–C) groups is 1. The van der Waals surface area contributed by atoms with Crippen LogP contribution in [-0.4, -0.2) is 50.1 Å². The van der Waals surface area contributed by atoms with Gasteiger partial charge in [-0.15, -0.1) is 24.0 Å². The van der Waals surface area contributed by atoms with Crippen molar-refractivity contribution in [3.05, 3.63) is 35.4 Å². The fourth-order valence-electron chi connectivity index (χ4n) is 3.18. The molecule has 0 aliphatic carbocycles. The lowest BCUT2D eigenvalue weighted by molar-refractivity contribution is -0.145. The molecule has 6 heteroatoms. The zero-order chi connectivity index (χ0) is 17.5. The number of carbonyl (C=O) groups is 1. The van der Waals surface area contributed by atoms with Crippen LogP contribution in [0.1, 0.15) is 25.0 Å². The molecule has 0 amide bonds. The van der Waals surface area contributed by atoms with E-state index < -0.39 is 0 Å². The van der Waals surface area contributed by atoms with Gasteiger partial charge in [0.2, 0.25) is 0 Å². The summed E-state index contributed by atoms with van der Waals surface area (Å²) in [5, 5.41) is 3.34. The highest BCUT2D eigenvalue weighted by Gasteiger charge is 2.36. The van der Waals surface area contributed by atoms with Gasteiger partial charge in [-0.2, -0.15) is 0 Å². The molecular weight excluding hydrogens is 429 g/mol. The molecule has 0 radical (unpaired) electrons. The minimum atomic E-state index is -0.124. The number of likely N-dealkylation sites (tertiary alicyclic amines) is 1. The number of hydrogen-bond acceptors (Lipinski definition) is 3. The Labute approximate surface area is 168 Å². The van der Waals surface area contributed by atoms with E-state index in [-0.39, 0.29) is 41.8 Å². The summed E-state index contributed by atoms with van der Waals surface area (Å²) in [6, 6.07) is 8.53. The SMILES string of the molecule is CCNC(=NCCc1cccc(C)c1)N1CC(C)C(C(=O)OC)C1.I. The molecule has 5 nitrogen and oxygen atoms in total. The van der Waals surface area contributed by atoms with Crippen LogP contribution in [0.15, 0.2) is 29.3 Å². The van der Waals surface area contributed by atoms with Crippen LogP contribution in [0.2, 0.25) is 0 Å². The first-order valence-corrected chi connectivity index (χ1v) is 8.71. The maximum Gasteiger partial charge on any atom is 0.310 e. The van der Waals surface area contributed by atoms with Gasteiger partial charge in [0.15, 0.2) is 5.96 Å². The zero-order valence-corrected chi connectivity index (χ0v) is 17.9. The Hall–Kier alpha value is -1.31. The van der Waals surface area contributed by atoms with Gasteiger partial charge in [-0.05, 0) is 31.7 Å². The van der Waals surface area contributed by atoms with E-state index >= 15 is 0 Å². The number of esters is 1.